The van der Waals surface area contributed by atoms with E-state index in [1.54, 1.807) is 7.11 Å². The standard InChI is InChI=1S/C15H21Br2NO/c1-19-15-12(8-13(16)9-14(15)17)10-18-7-6-11-4-2-3-5-11/h8-9,11,18H,2-7,10H2,1H3. The van der Waals surface area contributed by atoms with Crippen LogP contribution in [0.2, 0.25) is 0 Å². The van der Waals surface area contributed by atoms with E-state index < -0.39 is 0 Å². The summed E-state index contributed by atoms with van der Waals surface area (Å²) in [6.45, 7) is 1.95. The predicted molar refractivity (Wildman–Crippen MR) is 86.7 cm³/mol. The maximum Gasteiger partial charge on any atom is 0.137 e. The Kier molecular flexibility index (Phi) is 6.17. The van der Waals surface area contributed by atoms with Crippen LogP contribution < -0.4 is 10.1 Å². The summed E-state index contributed by atoms with van der Waals surface area (Å²) in [6.07, 6.45) is 7.01. The first-order valence-corrected chi connectivity index (χ1v) is 8.52. The van der Waals surface area contributed by atoms with Gasteiger partial charge >= 0.3 is 0 Å². The summed E-state index contributed by atoms with van der Waals surface area (Å²) >= 11 is 7.06. The molecule has 0 spiro atoms. The van der Waals surface area contributed by atoms with Crippen LogP contribution in [0.25, 0.3) is 0 Å². The number of rotatable bonds is 6. The van der Waals surface area contributed by atoms with Gasteiger partial charge in [-0.3, -0.25) is 0 Å². The molecule has 0 radical (unpaired) electrons. The number of hydrogen-bond donors (Lipinski definition) is 1. The van der Waals surface area contributed by atoms with Gasteiger partial charge in [0.05, 0.1) is 11.6 Å². The minimum absolute atomic E-state index is 0.855. The van der Waals surface area contributed by atoms with Gasteiger partial charge in [0, 0.05) is 16.6 Å². The second-order valence-electron chi connectivity index (χ2n) is 5.20. The molecule has 0 bridgehead atoms. The van der Waals surface area contributed by atoms with E-state index in [9.17, 15) is 0 Å². The smallest absolute Gasteiger partial charge is 0.137 e. The molecule has 1 aromatic rings. The molecule has 0 atom stereocenters. The molecule has 19 heavy (non-hydrogen) atoms. The second-order valence-corrected chi connectivity index (χ2v) is 6.97. The van der Waals surface area contributed by atoms with Gasteiger partial charge in [0.2, 0.25) is 0 Å². The number of halogens is 2. The summed E-state index contributed by atoms with van der Waals surface area (Å²) in [7, 11) is 1.72. The third-order valence-corrected chi connectivity index (χ3v) is 4.86. The van der Waals surface area contributed by atoms with E-state index in [2.05, 4.69) is 43.2 Å². The van der Waals surface area contributed by atoms with Crippen molar-refractivity contribution in [2.75, 3.05) is 13.7 Å². The van der Waals surface area contributed by atoms with Crippen molar-refractivity contribution < 1.29 is 4.74 Å². The van der Waals surface area contributed by atoms with Crippen LogP contribution in [-0.4, -0.2) is 13.7 Å². The van der Waals surface area contributed by atoms with Crippen LogP contribution in [0.4, 0.5) is 0 Å². The Labute approximate surface area is 132 Å². The minimum atomic E-state index is 0.855. The average molecular weight is 391 g/mol. The number of hydrogen-bond acceptors (Lipinski definition) is 2. The van der Waals surface area contributed by atoms with Gasteiger partial charge in [0.25, 0.3) is 0 Å². The second kappa shape index (κ2) is 7.65. The van der Waals surface area contributed by atoms with Crippen LogP contribution in [0.5, 0.6) is 5.75 Å². The Morgan fingerprint density at radius 1 is 1.26 bits per heavy atom. The summed E-state index contributed by atoms with van der Waals surface area (Å²) in [5.74, 6) is 1.88. The first kappa shape index (κ1) is 15.3. The van der Waals surface area contributed by atoms with Crippen LogP contribution in [0.3, 0.4) is 0 Å². The Balaban J connectivity index is 1.84. The van der Waals surface area contributed by atoms with Gasteiger partial charge in [-0.1, -0.05) is 41.6 Å². The normalized spacial score (nSPS) is 15.9. The van der Waals surface area contributed by atoms with Crippen molar-refractivity contribution in [3.05, 3.63) is 26.6 Å². The predicted octanol–water partition coefficient (Wildman–Crippen LogP) is 4.89. The summed E-state index contributed by atoms with van der Waals surface area (Å²) in [5.41, 5.74) is 1.19. The third-order valence-electron chi connectivity index (χ3n) is 3.81. The van der Waals surface area contributed by atoms with Gasteiger partial charge in [0.15, 0.2) is 0 Å². The molecule has 1 aliphatic rings. The lowest BCUT2D eigenvalue weighted by Gasteiger charge is -2.13. The molecule has 0 heterocycles. The number of ether oxygens (including phenoxy) is 1. The van der Waals surface area contributed by atoms with E-state index in [4.69, 9.17) is 4.74 Å². The topological polar surface area (TPSA) is 21.3 Å². The Morgan fingerprint density at radius 2 is 2.00 bits per heavy atom. The molecular weight excluding hydrogens is 370 g/mol. The van der Waals surface area contributed by atoms with E-state index in [1.807, 2.05) is 6.07 Å². The highest BCUT2D eigenvalue weighted by Gasteiger charge is 2.14. The lowest BCUT2D eigenvalue weighted by atomic mass is 10.0. The summed E-state index contributed by atoms with van der Waals surface area (Å²) in [4.78, 5) is 0. The van der Waals surface area contributed by atoms with Gasteiger partial charge in [-0.2, -0.15) is 0 Å². The first-order chi connectivity index (χ1) is 9.20. The molecule has 1 saturated carbocycles. The average Bonchev–Trinajstić information content (AvgIpc) is 2.87. The highest BCUT2D eigenvalue weighted by Crippen LogP contribution is 2.32. The summed E-state index contributed by atoms with van der Waals surface area (Å²) in [5, 5.41) is 3.54. The molecule has 0 aromatic heterocycles. The van der Waals surface area contributed by atoms with Gasteiger partial charge in [-0.15, -0.1) is 0 Å². The largest absolute Gasteiger partial charge is 0.495 e. The zero-order valence-electron chi connectivity index (χ0n) is 11.3. The molecular formula is C15H21Br2NO. The van der Waals surface area contributed by atoms with E-state index in [1.165, 1.54) is 37.7 Å². The van der Waals surface area contributed by atoms with E-state index in [0.29, 0.717) is 0 Å². The molecule has 1 aliphatic carbocycles. The van der Waals surface area contributed by atoms with Crippen LogP contribution in [0, 0.1) is 5.92 Å². The molecule has 0 amide bonds. The van der Waals surface area contributed by atoms with Gasteiger partial charge in [0.1, 0.15) is 5.75 Å². The maximum atomic E-state index is 5.45. The lowest BCUT2D eigenvalue weighted by Crippen LogP contribution is -2.17. The van der Waals surface area contributed by atoms with Crippen LogP contribution in [0.1, 0.15) is 37.7 Å². The quantitative estimate of drug-likeness (QED) is 0.698. The van der Waals surface area contributed by atoms with Crippen LogP contribution in [-0.2, 0) is 6.54 Å². The van der Waals surface area contributed by atoms with Crippen molar-refractivity contribution in [1.29, 1.82) is 0 Å². The number of nitrogens with one attached hydrogen (secondary N) is 1. The van der Waals surface area contributed by atoms with Crippen LogP contribution >= 0.6 is 31.9 Å². The molecule has 2 nitrogen and oxygen atoms in total. The van der Waals surface area contributed by atoms with Gasteiger partial charge in [-0.05, 0) is 46.9 Å². The molecule has 106 valence electrons. The SMILES string of the molecule is COc1c(Br)cc(Br)cc1CNCCC1CCCC1. The van der Waals surface area contributed by atoms with Gasteiger partial charge < -0.3 is 10.1 Å². The molecule has 0 unspecified atom stereocenters. The fourth-order valence-electron chi connectivity index (χ4n) is 2.80. The first-order valence-electron chi connectivity index (χ1n) is 6.93. The minimum Gasteiger partial charge on any atom is -0.495 e. The summed E-state index contributed by atoms with van der Waals surface area (Å²) < 4.78 is 7.53. The third kappa shape index (κ3) is 4.47. The van der Waals surface area contributed by atoms with Crippen LogP contribution in [0.15, 0.2) is 21.1 Å². The number of benzene rings is 1. The Morgan fingerprint density at radius 3 is 2.68 bits per heavy atom. The molecule has 4 heteroatoms. The highest BCUT2D eigenvalue weighted by atomic mass is 79.9. The maximum absolute atomic E-state index is 5.45. The lowest BCUT2D eigenvalue weighted by molar-refractivity contribution is 0.403. The summed E-state index contributed by atoms with van der Waals surface area (Å²) in [6, 6.07) is 4.13. The van der Waals surface area contributed by atoms with Crippen molar-refractivity contribution in [2.24, 2.45) is 5.92 Å². The monoisotopic (exact) mass is 389 g/mol. The molecule has 1 aromatic carbocycles. The molecule has 1 N–H and O–H groups in total. The molecule has 0 aliphatic heterocycles. The molecule has 1 fully saturated rings. The van der Waals surface area contributed by atoms with Crippen molar-refractivity contribution >= 4 is 31.9 Å². The highest BCUT2D eigenvalue weighted by molar-refractivity contribution is 9.11. The van der Waals surface area contributed by atoms with E-state index in [0.717, 1.165) is 33.7 Å². The zero-order valence-corrected chi connectivity index (χ0v) is 14.5. The Bertz CT molecular complexity index is 417. The number of methoxy groups -OCH3 is 1. The fourth-order valence-corrected chi connectivity index (χ4v) is 4.28. The van der Waals surface area contributed by atoms with Crippen molar-refractivity contribution in [1.82, 2.24) is 5.32 Å². The van der Waals surface area contributed by atoms with Gasteiger partial charge in [-0.25, -0.2) is 0 Å². The Hall–Kier alpha value is -0.0600. The molecule has 2 rings (SSSR count). The van der Waals surface area contributed by atoms with Crippen molar-refractivity contribution in [3.63, 3.8) is 0 Å². The fraction of sp³-hybridized carbons (Fsp3) is 0.600. The van der Waals surface area contributed by atoms with Crippen molar-refractivity contribution in [2.45, 2.75) is 38.6 Å². The molecule has 0 saturated heterocycles. The van der Waals surface area contributed by atoms with Crippen molar-refractivity contribution in [3.8, 4) is 5.75 Å². The zero-order chi connectivity index (χ0) is 13.7. The van der Waals surface area contributed by atoms with E-state index in [-0.39, 0.29) is 0 Å². The van der Waals surface area contributed by atoms with E-state index >= 15 is 0 Å².